The maximum absolute atomic E-state index is 11.6. The molecule has 3 aromatic rings. The van der Waals surface area contributed by atoms with Gasteiger partial charge in [-0.2, -0.15) is 0 Å². The molecule has 3 rings (SSSR count). The van der Waals surface area contributed by atoms with Crippen molar-refractivity contribution in [2.45, 2.75) is 13.0 Å². The van der Waals surface area contributed by atoms with Gasteiger partial charge in [0.15, 0.2) is 0 Å². The number of amides is 1. The van der Waals surface area contributed by atoms with Crippen LogP contribution in [-0.2, 0) is 11.3 Å². The van der Waals surface area contributed by atoms with Gasteiger partial charge < -0.3 is 10.1 Å². The number of fused-ring (bicyclic) bond motifs is 1. The summed E-state index contributed by atoms with van der Waals surface area (Å²) in [5.41, 5.74) is 3.77. The van der Waals surface area contributed by atoms with E-state index in [4.69, 9.17) is 4.74 Å². The van der Waals surface area contributed by atoms with E-state index >= 15 is 0 Å². The van der Waals surface area contributed by atoms with Gasteiger partial charge >= 0.3 is 6.09 Å². The summed E-state index contributed by atoms with van der Waals surface area (Å²) in [5.74, 6) is 0. The zero-order chi connectivity index (χ0) is 17.3. The molecule has 0 radical (unpaired) electrons. The minimum atomic E-state index is -0.404. The molecular weight excluding hydrogens is 314 g/mol. The van der Waals surface area contributed by atoms with E-state index in [-0.39, 0.29) is 6.61 Å². The molecule has 1 aromatic heterocycles. The molecule has 0 saturated carbocycles. The average molecular weight is 333 g/mol. The second-order valence-corrected chi connectivity index (χ2v) is 5.48. The lowest BCUT2D eigenvalue weighted by molar-refractivity contribution is 0.140. The molecule has 0 aliphatic heterocycles. The van der Waals surface area contributed by atoms with Crippen molar-refractivity contribution < 1.29 is 9.53 Å². The van der Waals surface area contributed by atoms with Gasteiger partial charge in [0.1, 0.15) is 6.61 Å². The summed E-state index contributed by atoms with van der Waals surface area (Å²) in [7, 11) is 0. The SMILES string of the molecule is O=C(NCCC=Cc1ccc2nccnc2c1)OCc1ccccc1. The van der Waals surface area contributed by atoms with Crippen LogP contribution in [0.3, 0.4) is 0 Å². The van der Waals surface area contributed by atoms with E-state index < -0.39 is 6.09 Å². The van der Waals surface area contributed by atoms with E-state index in [2.05, 4.69) is 15.3 Å². The van der Waals surface area contributed by atoms with E-state index in [0.29, 0.717) is 6.54 Å². The molecule has 5 nitrogen and oxygen atoms in total. The van der Waals surface area contributed by atoms with Crippen molar-refractivity contribution in [3.8, 4) is 0 Å². The Bertz CT molecular complexity index is 863. The predicted molar refractivity (Wildman–Crippen MR) is 97.8 cm³/mol. The van der Waals surface area contributed by atoms with Crippen LogP contribution in [0.25, 0.3) is 17.1 Å². The lowest BCUT2D eigenvalue weighted by Gasteiger charge is -2.05. The fraction of sp³-hybridized carbons (Fsp3) is 0.150. The van der Waals surface area contributed by atoms with Crippen molar-refractivity contribution in [3.63, 3.8) is 0 Å². The molecule has 0 bridgehead atoms. The van der Waals surface area contributed by atoms with Gasteiger partial charge in [-0.3, -0.25) is 9.97 Å². The van der Waals surface area contributed by atoms with Crippen LogP contribution in [0.2, 0.25) is 0 Å². The summed E-state index contributed by atoms with van der Waals surface area (Å²) in [6.45, 7) is 0.804. The fourth-order valence-electron chi connectivity index (χ4n) is 2.34. The molecule has 0 spiro atoms. The molecule has 1 heterocycles. The number of carbonyl (C=O) groups excluding carboxylic acids is 1. The average Bonchev–Trinajstić information content (AvgIpc) is 2.67. The lowest BCUT2D eigenvalue weighted by atomic mass is 10.1. The Labute approximate surface area is 146 Å². The normalized spacial score (nSPS) is 10.9. The number of nitrogens with zero attached hydrogens (tertiary/aromatic N) is 2. The third-order valence-corrected chi connectivity index (χ3v) is 3.60. The van der Waals surface area contributed by atoms with E-state index in [1.54, 1.807) is 12.4 Å². The zero-order valence-electron chi connectivity index (χ0n) is 13.8. The molecule has 0 aliphatic carbocycles. The molecule has 1 N–H and O–H groups in total. The monoisotopic (exact) mass is 333 g/mol. The van der Waals surface area contributed by atoms with E-state index in [0.717, 1.165) is 28.6 Å². The Morgan fingerprint density at radius 2 is 1.84 bits per heavy atom. The molecule has 0 unspecified atom stereocenters. The number of aromatic nitrogens is 2. The van der Waals surface area contributed by atoms with Crippen LogP contribution in [0.1, 0.15) is 17.5 Å². The molecular formula is C20H19N3O2. The van der Waals surface area contributed by atoms with Crippen LogP contribution in [-0.4, -0.2) is 22.6 Å². The quantitative estimate of drug-likeness (QED) is 0.694. The van der Waals surface area contributed by atoms with Crippen molar-refractivity contribution in [1.29, 1.82) is 0 Å². The van der Waals surface area contributed by atoms with Gasteiger partial charge in [0, 0.05) is 18.9 Å². The van der Waals surface area contributed by atoms with E-state index in [1.165, 1.54) is 0 Å². The summed E-state index contributed by atoms with van der Waals surface area (Å²) in [4.78, 5) is 20.2. The van der Waals surface area contributed by atoms with Crippen molar-refractivity contribution in [1.82, 2.24) is 15.3 Å². The first-order valence-corrected chi connectivity index (χ1v) is 8.13. The first-order valence-electron chi connectivity index (χ1n) is 8.13. The van der Waals surface area contributed by atoms with Gasteiger partial charge in [0.2, 0.25) is 0 Å². The van der Waals surface area contributed by atoms with Gasteiger partial charge in [0.25, 0.3) is 0 Å². The molecule has 25 heavy (non-hydrogen) atoms. The number of hydrogen-bond donors (Lipinski definition) is 1. The molecule has 0 saturated heterocycles. The second-order valence-electron chi connectivity index (χ2n) is 5.48. The highest BCUT2D eigenvalue weighted by molar-refractivity contribution is 5.77. The summed E-state index contributed by atoms with van der Waals surface area (Å²) >= 11 is 0. The van der Waals surface area contributed by atoms with Gasteiger partial charge in [0.05, 0.1) is 11.0 Å². The Morgan fingerprint density at radius 1 is 1.04 bits per heavy atom. The van der Waals surface area contributed by atoms with Gasteiger partial charge in [-0.1, -0.05) is 48.6 Å². The number of benzene rings is 2. The number of nitrogens with one attached hydrogen (secondary N) is 1. The molecule has 1 amide bonds. The van der Waals surface area contributed by atoms with E-state index in [1.807, 2.05) is 60.7 Å². The first kappa shape index (κ1) is 16.6. The Kier molecular flexibility index (Phi) is 5.72. The molecule has 2 aromatic carbocycles. The van der Waals surface area contributed by atoms with Crippen molar-refractivity contribution in [3.05, 3.63) is 78.1 Å². The third-order valence-electron chi connectivity index (χ3n) is 3.60. The lowest BCUT2D eigenvalue weighted by Crippen LogP contribution is -2.24. The summed E-state index contributed by atoms with van der Waals surface area (Å²) < 4.78 is 5.15. The standard InChI is InChI=1S/C20H19N3O2/c24-20(25-15-17-7-2-1-3-8-17)23-11-5-4-6-16-9-10-18-19(14-16)22-13-12-21-18/h1-4,6-10,12-14H,5,11,15H2,(H,23,24). The number of rotatable bonds is 6. The van der Waals surface area contributed by atoms with Crippen LogP contribution >= 0.6 is 0 Å². The highest BCUT2D eigenvalue weighted by Gasteiger charge is 2.00. The Hall–Kier alpha value is -3.21. The van der Waals surface area contributed by atoms with Crippen LogP contribution in [0.15, 0.2) is 67.0 Å². The highest BCUT2D eigenvalue weighted by Crippen LogP contribution is 2.12. The van der Waals surface area contributed by atoms with Gasteiger partial charge in [-0.15, -0.1) is 0 Å². The Morgan fingerprint density at radius 3 is 2.68 bits per heavy atom. The topological polar surface area (TPSA) is 64.1 Å². The first-order chi connectivity index (χ1) is 12.3. The summed E-state index contributed by atoms with van der Waals surface area (Å²) in [6.07, 6.45) is 7.69. The molecule has 0 atom stereocenters. The summed E-state index contributed by atoms with van der Waals surface area (Å²) in [6, 6.07) is 15.5. The minimum absolute atomic E-state index is 0.278. The number of hydrogen-bond acceptors (Lipinski definition) is 4. The smallest absolute Gasteiger partial charge is 0.407 e. The highest BCUT2D eigenvalue weighted by atomic mass is 16.5. The molecule has 5 heteroatoms. The largest absolute Gasteiger partial charge is 0.445 e. The number of carbonyl (C=O) groups is 1. The maximum atomic E-state index is 11.6. The van der Waals surface area contributed by atoms with Crippen LogP contribution in [0.5, 0.6) is 0 Å². The Balaban J connectivity index is 1.39. The zero-order valence-corrected chi connectivity index (χ0v) is 13.8. The van der Waals surface area contributed by atoms with Crippen molar-refractivity contribution in [2.24, 2.45) is 0 Å². The van der Waals surface area contributed by atoms with Gasteiger partial charge in [-0.25, -0.2) is 4.79 Å². The maximum Gasteiger partial charge on any atom is 0.407 e. The van der Waals surface area contributed by atoms with Crippen LogP contribution in [0.4, 0.5) is 4.79 Å². The van der Waals surface area contributed by atoms with Crippen molar-refractivity contribution in [2.75, 3.05) is 6.54 Å². The number of alkyl carbamates (subject to hydrolysis) is 1. The van der Waals surface area contributed by atoms with E-state index in [9.17, 15) is 4.79 Å². The van der Waals surface area contributed by atoms with Crippen LogP contribution < -0.4 is 5.32 Å². The predicted octanol–water partition coefficient (Wildman–Crippen LogP) is 3.96. The van der Waals surface area contributed by atoms with Crippen molar-refractivity contribution >= 4 is 23.2 Å². The fourth-order valence-corrected chi connectivity index (χ4v) is 2.34. The number of ether oxygens (including phenoxy) is 1. The third kappa shape index (κ3) is 5.14. The summed E-state index contributed by atoms with van der Waals surface area (Å²) in [5, 5.41) is 2.73. The van der Waals surface area contributed by atoms with Crippen LogP contribution in [0, 0.1) is 0 Å². The molecule has 0 fully saturated rings. The van der Waals surface area contributed by atoms with Gasteiger partial charge in [-0.05, 0) is 29.7 Å². The molecule has 126 valence electrons. The molecule has 0 aliphatic rings. The minimum Gasteiger partial charge on any atom is -0.445 e. The second kappa shape index (κ2) is 8.59.